The lowest BCUT2D eigenvalue weighted by Crippen LogP contribution is -1.86. The van der Waals surface area contributed by atoms with Gasteiger partial charge in [-0.2, -0.15) is 8.78 Å². The molecule has 0 radical (unpaired) electrons. The van der Waals surface area contributed by atoms with Crippen molar-refractivity contribution in [2.24, 2.45) is 0 Å². The van der Waals surface area contributed by atoms with Crippen LogP contribution in [-0.2, 0) is 0 Å². The molecular weight excluding hydrogens is 247 g/mol. The van der Waals surface area contributed by atoms with Gasteiger partial charge in [0.25, 0.3) is 5.76 Å². The molecule has 1 heterocycles. The van der Waals surface area contributed by atoms with Crippen LogP contribution in [0.15, 0.2) is 6.20 Å². The Morgan fingerprint density at radius 1 is 1.58 bits per heavy atom. The van der Waals surface area contributed by atoms with Gasteiger partial charge in [-0.3, -0.25) is 0 Å². The quantitative estimate of drug-likeness (QED) is 0.752. The van der Waals surface area contributed by atoms with Crippen LogP contribution in [0.5, 0.6) is 0 Å². The average Bonchev–Trinajstić information content (AvgIpc) is 2.34. The fraction of sp³-hybridized carbons (Fsp3) is 0.400. The summed E-state index contributed by atoms with van der Waals surface area (Å²) in [6.07, 6.45) is 1.40. The third kappa shape index (κ3) is 3.05. The molecule has 12 heavy (non-hydrogen) atoms. The van der Waals surface area contributed by atoms with Crippen molar-refractivity contribution in [2.45, 2.75) is 10.5 Å². The molecule has 1 aromatic rings. The number of aromatic nitrogens is 1. The Kier molecular flexibility index (Phi) is 4.02. The molecule has 7 heteroatoms. The van der Waals surface area contributed by atoms with Gasteiger partial charge in [0.05, 0.1) is 4.88 Å². The molecule has 0 bridgehead atoms. The lowest BCUT2D eigenvalue weighted by atomic mass is 10.6. The molecule has 0 amide bonds. The van der Waals surface area contributed by atoms with Crippen molar-refractivity contribution in [1.29, 1.82) is 0 Å². The Balaban J connectivity index is 2.58. The predicted octanol–water partition coefficient (Wildman–Crippen LogP) is 3.99. The van der Waals surface area contributed by atoms with E-state index in [0.717, 1.165) is 11.3 Å². The van der Waals surface area contributed by atoms with Crippen LogP contribution in [-0.4, -0.2) is 10.7 Å². The number of thioether (sulfide) groups is 1. The summed E-state index contributed by atoms with van der Waals surface area (Å²) in [4.78, 5) is 4.23. The van der Waals surface area contributed by atoms with Crippen LogP contribution in [0.2, 0.25) is 4.47 Å². The summed E-state index contributed by atoms with van der Waals surface area (Å²) < 4.78 is 23.2. The van der Waals surface area contributed by atoms with Crippen molar-refractivity contribution in [1.82, 2.24) is 4.98 Å². The van der Waals surface area contributed by atoms with Crippen molar-refractivity contribution < 1.29 is 8.78 Å². The zero-order chi connectivity index (χ0) is 9.14. The predicted molar refractivity (Wildman–Crippen MR) is 49.3 cm³/mol. The minimum atomic E-state index is -2.48. The van der Waals surface area contributed by atoms with Crippen LogP contribution in [0.25, 0.3) is 0 Å². The maximum Gasteiger partial charge on any atom is 0.286 e. The van der Waals surface area contributed by atoms with Crippen molar-refractivity contribution >= 4 is 46.3 Å². The number of rotatable bonds is 3. The Morgan fingerprint density at radius 2 is 2.25 bits per heavy atom. The van der Waals surface area contributed by atoms with Crippen LogP contribution in [0.1, 0.15) is 9.59 Å². The van der Waals surface area contributed by atoms with Gasteiger partial charge in [-0.05, 0) is 0 Å². The fourth-order valence-electron chi connectivity index (χ4n) is 0.527. The van der Waals surface area contributed by atoms with E-state index in [2.05, 4.69) is 4.98 Å². The second-order valence-electron chi connectivity index (χ2n) is 1.73. The van der Waals surface area contributed by atoms with Crippen LogP contribution in [0, 0.1) is 0 Å². The molecule has 0 aliphatic carbocycles. The van der Waals surface area contributed by atoms with Crippen molar-refractivity contribution in [2.75, 3.05) is 0 Å². The molecule has 1 unspecified atom stereocenters. The highest BCUT2D eigenvalue weighted by molar-refractivity contribution is 8.01. The summed E-state index contributed by atoms with van der Waals surface area (Å²) in [7, 11) is 0. The molecule has 0 spiro atoms. The molecule has 1 rings (SSSR count). The Labute approximate surface area is 86.1 Å². The first-order valence-corrected chi connectivity index (χ1v) is 5.36. The lowest BCUT2D eigenvalue weighted by molar-refractivity contribution is 0.252. The standard InChI is InChI=1S/C5H3Cl2F2NS2/c6-3(12-5(8)9)2-1-10-4(7)11-2/h1,3,5H. The van der Waals surface area contributed by atoms with E-state index in [4.69, 9.17) is 23.2 Å². The van der Waals surface area contributed by atoms with Gasteiger partial charge in [0.15, 0.2) is 4.47 Å². The van der Waals surface area contributed by atoms with E-state index in [0.29, 0.717) is 21.1 Å². The molecule has 68 valence electrons. The summed E-state index contributed by atoms with van der Waals surface area (Å²) in [5.41, 5.74) is 0. The van der Waals surface area contributed by atoms with Gasteiger partial charge in [0.2, 0.25) is 0 Å². The van der Waals surface area contributed by atoms with Crippen LogP contribution < -0.4 is 0 Å². The monoisotopic (exact) mass is 249 g/mol. The van der Waals surface area contributed by atoms with Gasteiger partial charge in [-0.25, -0.2) is 4.98 Å². The maximum absolute atomic E-state index is 11.8. The first-order valence-electron chi connectivity index (χ1n) is 2.78. The minimum Gasteiger partial charge on any atom is -0.233 e. The Hall–Kier alpha value is 0.420. The number of thiazole rings is 1. The summed E-state index contributed by atoms with van der Waals surface area (Å²) in [6.45, 7) is 0. The van der Waals surface area contributed by atoms with Crippen LogP contribution in [0.3, 0.4) is 0 Å². The summed E-state index contributed by atoms with van der Waals surface area (Å²) in [5.74, 6) is -2.48. The molecule has 1 nitrogen and oxygen atoms in total. The smallest absolute Gasteiger partial charge is 0.233 e. The molecule has 1 atom stereocenters. The van der Waals surface area contributed by atoms with E-state index in [9.17, 15) is 8.78 Å². The summed E-state index contributed by atoms with van der Waals surface area (Å²) in [6, 6.07) is 0. The number of halogens is 4. The number of alkyl halides is 3. The van der Waals surface area contributed by atoms with Gasteiger partial charge in [-0.15, -0.1) is 22.9 Å². The first kappa shape index (κ1) is 10.5. The molecule has 0 fully saturated rings. The molecule has 0 saturated carbocycles. The van der Waals surface area contributed by atoms with E-state index in [1.807, 2.05) is 0 Å². The highest BCUT2D eigenvalue weighted by Crippen LogP contribution is 2.40. The van der Waals surface area contributed by atoms with Crippen LogP contribution in [0.4, 0.5) is 8.78 Å². The van der Waals surface area contributed by atoms with E-state index in [1.54, 1.807) is 0 Å². The third-order valence-electron chi connectivity index (χ3n) is 0.941. The van der Waals surface area contributed by atoms with Gasteiger partial charge in [-0.1, -0.05) is 23.4 Å². The van der Waals surface area contributed by atoms with Crippen molar-refractivity contribution in [3.05, 3.63) is 15.5 Å². The topological polar surface area (TPSA) is 12.9 Å². The van der Waals surface area contributed by atoms with Crippen molar-refractivity contribution in [3.8, 4) is 0 Å². The zero-order valence-corrected chi connectivity index (χ0v) is 8.65. The lowest BCUT2D eigenvalue weighted by Gasteiger charge is -2.03. The number of nitrogens with zero attached hydrogens (tertiary/aromatic N) is 1. The third-order valence-corrected chi connectivity index (χ3v) is 3.64. The fourth-order valence-corrected chi connectivity index (χ4v) is 2.45. The van der Waals surface area contributed by atoms with E-state index < -0.39 is 10.5 Å². The van der Waals surface area contributed by atoms with E-state index in [1.165, 1.54) is 6.20 Å². The molecule has 1 aromatic heterocycles. The maximum atomic E-state index is 11.8. The molecular formula is C5H3Cl2F2NS2. The molecule has 0 aromatic carbocycles. The number of hydrogen-bond acceptors (Lipinski definition) is 3. The number of hydrogen-bond donors (Lipinski definition) is 0. The van der Waals surface area contributed by atoms with E-state index >= 15 is 0 Å². The second-order valence-corrected chi connectivity index (χ2v) is 5.17. The van der Waals surface area contributed by atoms with Gasteiger partial charge >= 0.3 is 0 Å². The Bertz CT molecular complexity index is 255. The SMILES string of the molecule is FC(F)SC(Cl)c1cnc(Cl)s1. The van der Waals surface area contributed by atoms with Gasteiger partial charge in [0.1, 0.15) is 4.71 Å². The molecule has 0 aliphatic heterocycles. The van der Waals surface area contributed by atoms with Crippen LogP contribution >= 0.6 is 46.3 Å². The zero-order valence-electron chi connectivity index (χ0n) is 5.51. The highest BCUT2D eigenvalue weighted by atomic mass is 35.5. The first-order chi connectivity index (χ1) is 5.59. The van der Waals surface area contributed by atoms with Crippen molar-refractivity contribution in [3.63, 3.8) is 0 Å². The molecule has 0 N–H and O–H groups in total. The second kappa shape index (κ2) is 4.60. The molecule has 0 saturated heterocycles. The minimum absolute atomic E-state index is 0.311. The van der Waals surface area contributed by atoms with Gasteiger partial charge < -0.3 is 0 Å². The Morgan fingerprint density at radius 3 is 2.67 bits per heavy atom. The molecule has 0 aliphatic rings. The highest BCUT2D eigenvalue weighted by Gasteiger charge is 2.17. The van der Waals surface area contributed by atoms with E-state index in [-0.39, 0.29) is 0 Å². The summed E-state index contributed by atoms with van der Waals surface area (Å²) >= 11 is 12.6. The largest absolute Gasteiger partial charge is 0.286 e. The normalized spacial score (nSPS) is 13.8. The summed E-state index contributed by atoms with van der Waals surface area (Å²) in [5, 5.41) is 0. The van der Waals surface area contributed by atoms with Gasteiger partial charge in [0, 0.05) is 6.20 Å². The average molecular weight is 250 g/mol.